The maximum absolute atomic E-state index is 12.3. The molecule has 0 bridgehead atoms. The first kappa shape index (κ1) is 45.3. The number of carbonyl (C=O) groups is 1. The third-order valence-electron chi connectivity index (χ3n) is 11.8. The van der Waals surface area contributed by atoms with Gasteiger partial charge in [-0.1, -0.05) is 119 Å². The summed E-state index contributed by atoms with van der Waals surface area (Å²) in [5.74, 6) is 2.23. The van der Waals surface area contributed by atoms with Gasteiger partial charge in [0.25, 0.3) is 0 Å². The summed E-state index contributed by atoms with van der Waals surface area (Å²) in [5, 5.41) is 12.3. The van der Waals surface area contributed by atoms with Crippen molar-refractivity contribution < 1.29 is 34.4 Å². The molecule has 1 aliphatic rings. The molecule has 7 heteroatoms. The third-order valence-corrected chi connectivity index (χ3v) is 11.8. The second-order valence-electron chi connectivity index (χ2n) is 19.4. The van der Waals surface area contributed by atoms with Crippen LogP contribution in [0.4, 0.5) is 0 Å². The van der Waals surface area contributed by atoms with E-state index in [2.05, 4.69) is 131 Å². The van der Waals surface area contributed by atoms with Crippen LogP contribution in [0.15, 0.2) is 59.0 Å². The van der Waals surface area contributed by atoms with Crippen LogP contribution < -0.4 is 0 Å². The van der Waals surface area contributed by atoms with Gasteiger partial charge in [-0.25, -0.2) is 4.98 Å². The Hall–Kier alpha value is -3.41. The molecule has 3 heterocycles. The van der Waals surface area contributed by atoms with Crippen molar-refractivity contribution in [3.63, 3.8) is 0 Å². The van der Waals surface area contributed by atoms with Gasteiger partial charge in [0.2, 0.25) is 0 Å². The zero-order chi connectivity index (χ0) is 40.6. The van der Waals surface area contributed by atoms with Gasteiger partial charge < -0.3 is 9.52 Å². The molecule has 305 valence electrons. The fourth-order valence-corrected chi connectivity index (χ4v) is 8.94. The predicted molar refractivity (Wildman–Crippen MR) is 229 cm³/mol. The Morgan fingerprint density at radius 1 is 0.875 bits per heavy atom. The molecule has 6 nitrogen and oxygen atoms in total. The molecule has 6 rings (SSSR count). The molecule has 1 N–H and O–H groups in total. The summed E-state index contributed by atoms with van der Waals surface area (Å²) < 4.78 is 6.51. The van der Waals surface area contributed by atoms with Crippen molar-refractivity contribution in [1.82, 2.24) is 15.0 Å². The van der Waals surface area contributed by atoms with Crippen LogP contribution in [-0.4, -0.2) is 25.8 Å². The molecule has 1 radical (unpaired) electrons. The molecule has 1 fully saturated rings. The first-order valence-corrected chi connectivity index (χ1v) is 20.6. The molecule has 0 atom stereocenters. The van der Waals surface area contributed by atoms with E-state index in [1.165, 1.54) is 42.9 Å². The van der Waals surface area contributed by atoms with Gasteiger partial charge in [0.05, 0.1) is 11.5 Å². The summed E-state index contributed by atoms with van der Waals surface area (Å²) in [4.78, 5) is 26.5. The minimum Gasteiger partial charge on any atom is -0.512 e. The van der Waals surface area contributed by atoms with Gasteiger partial charge >= 0.3 is 0 Å². The number of aromatic nitrogens is 3. The van der Waals surface area contributed by atoms with Crippen molar-refractivity contribution in [3.05, 3.63) is 77.4 Å². The number of aliphatic hydroxyl groups is 1. The quantitative estimate of drug-likeness (QED) is 0.0900. The fraction of sp³-hybridized carbons (Fsp3) is 0.551. The van der Waals surface area contributed by atoms with Crippen molar-refractivity contribution in [1.29, 1.82) is 0 Å². The first-order chi connectivity index (χ1) is 25.7. The summed E-state index contributed by atoms with van der Waals surface area (Å²) in [6, 6.07) is 16.6. The summed E-state index contributed by atoms with van der Waals surface area (Å²) in [5.41, 5.74) is 9.12. The Kier molecular flexibility index (Phi) is 14.6. The van der Waals surface area contributed by atoms with E-state index in [0.29, 0.717) is 35.0 Å². The van der Waals surface area contributed by atoms with Crippen molar-refractivity contribution in [2.24, 2.45) is 40.9 Å². The molecule has 1 aliphatic carbocycles. The molecular formula is C49H66IrN3O3-. The molecule has 56 heavy (non-hydrogen) atoms. The number of aryl methyl sites for hydroxylation is 1. The van der Waals surface area contributed by atoms with E-state index < -0.39 is 0 Å². The van der Waals surface area contributed by atoms with Crippen molar-refractivity contribution in [3.8, 4) is 11.3 Å². The Labute approximate surface area is 350 Å². The van der Waals surface area contributed by atoms with E-state index in [-0.39, 0.29) is 48.9 Å². The molecule has 0 saturated heterocycles. The standard InChI is InChI=1S/C32H34N3O.C17H32O2.Ir/c1-19-7-8-22-15-23(16-25(27(22)35-19)31(2,3)4)28-30-29(34-18-33-28)24-10-9-21(17-26(24)36-30)20-11-13-32(5,6)14-12-20;1-10(2)16(11(3)4)14(18)9-15(19)17(12(5)6)13(7)8;/h7-10,16-18,20H,11-14H2,1-6H3;9-13,16-18H,1-8H3;/q-1;;/b;14-9-;. The Morgan fingerprint density at radius 2 is 1.48 bits per heavy atom. The topological polar surface area (TPSA) is 89.1 Å². The number of ketones is 1. The van der Waals surface area contributed by atoms with E-state index in [9.17, 15) is 9.90 Å². The molecular weight excluding hydrogens is 871 g/mol. The van der Waals surface area contributed by atoms with Gasteiger partial charge in [0, 0.05) is 54.6 Å². The maximum atomic E-state index is 12.3. The fourth-order valence-electron chi connectivity index (χ4n) is 8.94. The maximum Gasteiger partial charge on any atom is 0.162 e. The minimum atomic E-state index is -0.0770. The number of hydrogen-bond acceptors (Lipinski definition) is 6. The number of nitrogens with zero attached hydrogens (tertiary/aromatic N) is 3. The van der Waals surface area contributed by atoms with Crippen LogP contribution in [0.1, 0.15) is 138 Å². The van der Waals surface area contributed by atoms with Crippen LogP contribution in [0.2, 0.25) is 0 Å². The number of hydrogen-bond donors (Lipinski definition) is 1. The number of aliphatic hydroxyl groups excluding tert-OH is 1. The van der Waals surface area contributed by atoms with Crippen LogP contribution >= 0.6 is 0 Å². The zero-order valence-electron chi connectivity index (χ0n) is 36.4. The smallest absolute Gasteiger partial charge is 0.162 e. The normalized spacial score (nSPS) is 15.5. The second-order valence-corrected chi connectivity index (χ2v) is 19.4. The Balaban J connectivity index is 0.000000299. The zero-order valence-corrected chi connectivity index (χ0v) is 38.8. The van der Waals surface area contributed by atoms with Gasteiger partial charge in [-0.15, -0.1) is 18.2 Å². The van der Waals surface area contributed by atoms with Crippen LogP contribution in [0.25, 0.3) is 44.2 Å². The number of fused-ring (bicyclic) bond motifs is 4. The Bertz CT molecular complexity index is 2140. The molecule has 0 unspecified atom stereocenters. The molecule has 0 amide bonds. The minimum absolute atomic E-state index is 0. The van der Waals surface area contributed by atoms with E-state index in [1.807, 2.05) is 13.0 Å². The molecule has 1 saturated carbocycles. The summed E-state index contributed by atoms with van der Waals surface area (Å²) in [6.45, 7) is 30.1. The molecule has 0 aliphatic heterocycles. The van der Waals surface area contributed by atoms with Gasteiger partial charge in [-0.3, -0.25) is 14.8 Å². The number of furan rings is 1. The summed E-state index contributed by atoms with van der Waals surface area (Å²) in [6.07, 6.45) is 8.14. The van der Waals surface area contributed by atoms with Crippen LogP contribution in [-0.2, 0) is 30.3 Å². The van der Waals surface area contributed by atoms with Crippen LogP contribution in [0, 0.1) is 53.9 Å². The van der Waals surface area contributed by atoms with Gasteiger partial charge in [-0.05, 0) is 90.7 Å². The Morgan fingerprint density at radius 3 is 2.05 bits per heavy atom. The number of benzene rings is 2. The molecule has 2 aromatic carbocycles. The van der Waals surface area contributed by atoms with E-state index in [4.69, 9.17) is 14.4 Å². The van der Waals surface area contributed by atoms with Crippen molar-refractivity contribution >= 4 is 38.8 Å². The average molecular weight is 937 g/mol. The van der Waals surface area contributed by atoms with Crippen molar-refractivity contribution in [2.75, 3.05) is 0 Å². The first-order valence-electron chi connectivity index (χ1n) is 20.6. The monoisotopic (exact) mass is 937 g/mol. The van der Waals surface area contributed by atoms with E-state index in [0.717, 1.165) is 49.9 Å². The van der Waals surface area contributed by atoms with Crippen molar-refractivity contribution in [2.45, 2.75) is 134 Å². The SMILES string of the molecule is CC(C)C(C(=O)/C=C(\O)C(C(C)C)C(C)C)C(C)C.Cc1ccc2[c-]c(-c3ncnc4c3oc3cc(C5CCC(C)(C)CC5)ccc34)cc(C(C)(C)C)c2n1.[Ir]. The largest absolute Gasteiger partial charge is 0.512 e. The summed E-state index contributed by atoms with van der Waals surface area (Å²) in [7, 11) is 0. The predicted octanol–water partition coefficient (Wildman–Crippen LogP) is 13.5. The molecule has 3 aromatic heterocycles. The number of carbonyl (C=O) groups excluding carboxylic acids is 1. The summed E-state index contributed by atoms with van der Waals surface area (Å²) >= 11 is 0. The number of pyridine rings is 1. The molecule has 5 aromatic rings. The van der Waals surface area contributed by atoms with Gasteiger partial charge in [-0.2, -0.15) is 0 Å². The average Bonchev–Trinajstić information content (AvgIpc) is 3.45. The van der Waals surface area contributed by atoms with E-state index in [1.54, 1.807) is 6.33 Å². The molecule has 0 spiro atoms. The number of rotatable bonds is 9. The van der Waals surface area contributed by atoms with Gasteiger partial charge in [0.1, 0.15) is 23.0 Å². The van der Waals surface area contributed by atoms with Crippen LogP contribution in [0.5, 0.6) is 0 Å². The van der Waals surface area contributed by atoms with E-state index >= 15 is 0 Å². The third kappa shape index (κ3) is 10.2. The van der Waals surface area contributed by atoms with Crippen LogP contribution in [0.3, 0.4) is 0 Å². The number of allylic oxidation sites excluding steroid dienone is 2. The van der Waals surface area contributed by atoms with Gasteiger partial charge in [0.15, 0.2) is 5.78 Å². The second kappa shape index (κ2) is 18.0.